The number of rotatable bonds is 25. The molecule has 50 heavy (non-hydrogen) atoms. The molecule has 3 amide bonds. The number of unbranched alkanes of at least 4 members (excludes halogenated alkanes) is 10. The number of benzene rings is 2. The Bertz CT molecular complexity index is 1250. The summed E-state index contributed by atoms with van der Waals surface area (Å²) in [5.41, 5.74) is 6.76. The van der Waals surface area contributed by atoms with Crippen LogP contribution in [0.3, 0.4) is 0 Å². The lowest BCUT2D eigenvalue weighted by molar-refractivity contribution is -0.145. The number of hydrogen-bond donors (Lipinski definition) is 2. The van der Waals surface area contributed by atoms with Crippen molar-refractivity contribution in [1.29, 1.82) is 0 Å². The van der Waals surface area contributed by atoms with Crippen LogP contribution in [0.5, 0.6) is 0 Å². The second kappa shape index (κ2) is 24.3. The number of nitrogens with zero attached hydrogens (tertiary/aromatic N) is 1. The Kier molecular flexibility index (Phi) is 20.6. The zero-order valence-corrected chi connectivity index (χ0v) is 31.1. The summed E-state index contributed by atoms with van der Waals surface area (Å²) in [6.45, 7) is 7.91. The number of amides is 3. The molecule has 2 rings (SSSR count). The van der Waals surface area contributed by atoms with Gasteiger partial charge in [0.25, 0.3) is 0 Å². The third-order valence-electron chi connectivity index (χ3n) is 8.60. The van der Waals surface area contributed by atoms with E-state index in [4.69, 9.17) is 15.2 Å². The lowest BCUT2D eigenvalue weighted by atomic mass is 9.98. The number of alkyl carbamates (subject to hydrolysis) is 1. The molecule has 0 bridgehead atoms. The van der Waals surface area contributed by atoms with Gasteiger partial charge in [-0.2, -0.15) is 0 Å². The molecule has 0 spiro atoms. The maximum Gasteiger partial charge on any atom is 0.408 e. The molecule has 0 aromatic heterocycles. The molecule has 2 atom stereocenters. The van der Waals surface area contributed by atoms with Crippen LogP contribution in [0.2, 0.25) is 0 Å². The molecular formula is C41H63N3O6. The predicted molar refractivity (Wildman–Crippen MR) is 199 cm³/mol. The zero-order valence-electron chi connectivity index (χ0n) is 31.1. The van der Waals surface area contributed by atoms with Gasteiger partial charge in [0.05, 0.1) is 0 Å². The predicted octanol–water partition coefficient (Wildman–Crippen LogP) is 8.77. The number of esters is 1. The number of nitrogens with two attached hydrogens (primary N) is 1. The molecule has 2 aromatic rings. The number of primary amides is 1. The van der Waals surface area contributed by atoms with E-state index in [1.54, 1.807) is 25.7 Å². The molecule has 0 saturated carbocycles. The average molecular weight is 694 g/mol. The van der Waals surface area contributed by atoms with Gasteiger partial charge in [-0.05, 0) is 51.2 Å². The molecule has 0 heterocycles. The molecule has 0 aliphatic heterocycles. The molecule has 0 aliphatic carbocycles. The number of carbonyl (C=O) groups is 4. The largest absolute Gasteiger partial charge is 0.461 e. The first-order valence-electron chi connectivity index (χ1n) is 18.8. The summed E-state index contributed by atoms with van der Waals surface area (Å²) < 4.78 is 10.9. The Labute approximate surface area is 301 Å². The van der Waals surface area contributed by atoms with Gasteiger partial charge in [-0.3, -0.25) is 14.4 Å². The Morgan fingerprint density at radius 3 is 1.82 bits per heavy atom. The van der Waals surface area contributed by atoms with Crippen molar-refractivity contribution in [3.63, 3.8) is 0 Å². The molecule has 0 aliphatic rings. The summed E-state index contributed by atoms with van der Waals surface area (Å²) in [6, 6.07) is 17.6. The van der Waals surface area contributed by atoms with E-state index in [9.17, 15) is 19.2 Å². The van der Waals surface area contributed by atoms with Gasteiger partial charge in [-0.25, -0.2) is 4.79 Å². The highest BCUT2D eigenvalue weighted by Gasteiger charge is 2.33. The number of carbonyl (C=O) groups excluding carboxylic acids is 4. The molecule has 0 radical (unpaired) electrons. The standard InChI is InChI=1S/C41H63N3O6/c1-5-6-7-8-9-10-11-12-13-14-21-27-35(30-37(42)45)44(31-33-23-17-15-18-24-33)39(47)36(43-40(48)50-41(2,3)4)28-22-29-38(46)49-32-34-25-19-16-20-26-34/h15-20,23-26,35-36H,5-14,21-22,27-32H2,1-4H3,(H2,42,45)(H,43,48)/t35-,36-/m0/s1. The van der Waals surface area contributed by atoms with E-state index in [0.29, 0.717) is 12.8 Å². The minimum Gasteiger partial charge on any atom is -0.461 e. The summed E-state index contributed by atoms with van der Waals surface area (Å²) >= 11 is 0. The van der Waals surface area contributed by atoms with Gasteiger partial charge in [0, 0.05) is 25.4 Å². The van der Waals surface area contributed by atoms with Crippen LogP contribution in [0.1, 0.15) is 142 Å². The first-order chi connectivity index (χ1) is 24.0. The van der Waals surface area contributed by atoms with Gasteiger partial charge < -0.3 is 25.4 Å². The molecule has 0 saturated heterocycles. The number of hydrogen-bond acceptors (Lipinski definition) is 6. The van der Waals surface area contributed by atoms with Crippen molar-refractivity contribution in [3.05, 3.63) is 71.8 Å². The molecule has 0 fully saturated rings. The fraction of sp³-hybridized carbons (Fsp3) is 0.610. The monoisotopic (exact) mass is 693 g/mol. The molecule has 278 valence electrons. The zero-order chi connectivity index (χ0) is 36.6. The highest BCUT2D eigenvalue weighted by atomic mass is 16.6. The van der Waals surface area contributed by atoms with E-state index in [2.05, 4.69) is 12.2 Å². The van der Waals surface area contributed by atoms with E-state index >= 15 is 0 Å². The lowest BCUT2D eigenvalue weighted by Crippen LogP contribution is -2.53. The fourth-order valence-electron chi connectivity index (χ4n) is 5.98. The van der Waals surface area contributed by atoms with Crippen LogP contribution in [0.15, 0.2) is 60.7 Å². The minimum atomic E-state index is -0.983. The first-order valence-corrected chi connectivity index (χ1v) is 18.8. The van der Waals surface area contributed by atoms with Crippen LogP contribution < -0.4 is 11.1 Å². The van der Waals surface area contributed by atoms with Gasteiger partial charge >= 0.3 is 12.1 Å². The van der Waals surface area contributed by atoms with Crippen molar-refractivity contribution < 1.29 is 28.7 Å². The van der Waals surface area contributed by atoms with Crippen molar-refractivity contribution in [2.45, 2.75) is 161 Å². The van der Waals surface area contributed by atoms with Gasteiger partial charge in [0.1, 0.15) is 18.2 Å². The Hall–Kier alpha value is -3.88. The summed E-state index contributed by atoms with van der Waals surface area (Å²) in [7, 11) is 0. The van der Waals surface area contributed by atoms with Crippen LogP contribution in [0, 0.1) is 0 Å². The molecule has 2 aromatic carbocycles. The third-order valence-corrected chi connectivity index (χ3v) is 8.60. The molecule has 3 N–H and O–H groups in total. The topological polar surface area (TPSA) is 128 Å². The van der Waals surface area contributed by atoms with E-state index in [-0.39, 0.29) is 44.3 Å². The molecule has 9 nitrogen and oxygen atoms in total. The normalized spacial score (nSPS) is 12.5. The van der Waals surface area contributed by atoms with Crippen molar-refractivity contribution in [2.75, 3.05) is 0 Å². The average Bonchev–Trinajstić information content (AvgIpc) is 3.07. The summed E-state index contributed by atoms with van der Waals surface area (Å²) in [4.78, 5) is 54.0. The SMILES string of the molecule is CCCCCCCCCCCCC[C@@H](CC(N)=O)N(Cc1ccccc1)C(=O)[C@H](CCCC(=O)OCc1ccccc1)NC(=O)OC(C)(C)C. The van der Waals surface area contributed by atoms with Crippen LogP contribution in [0.4, 0.5) is 4.79 Å². The lowest BCUT2D eigenvalue weighted by Gasteiger charge is -2.35. The third kappa shape index (κ3) is 19.3. The van der Waals surface area contributed by atoms with Crippen molar-refractivity contribution in [1.82, 2.24) is 10.2 Å². The first kappa shape index (κ1) is 42.3. The van der Waals surface area contributed by atoms with Gasteiger partial charge in [0.15, 0.2) is 0 Å². The van der Waals surface area contributed by atoms with Crippen LogP contribution in [0.25, 0.3) is 0 Å². The van der Waals surface area contributed by atoms with Crippen LogP contribution in [-0.2, 0) is 37.0 Å². The molecule has 0 unspecified atom stereocenters. The Morgan fingerprint density at radius 2 is 1.28 bits per heavy atom. The van der Waals surface area contributed by atoms with Crippen LogP contribution in [-0.4, -0.2) is 46.5 Å². The summed E-state index contributed by atoms with van der Waals surface area (Å²) in [5, 5.41) is 2.77. The van der Waals surface area contributed by atoms with Gasteiger partial charge in [0.2, 0.25) is 11.8 Å². The maximum absolute atomic E-state index is 14.4. The molecule has 9 heteroatoms. The second-order valence-electron chi connectivity index (χ2n) is 14.3. The summed E-state index contributed by atoms with van der Waals surface area (Å²) in [5.74, 6) is -1.21. The number of nitrogens with one attached hydrogen (secondary N) is 1. The highest BCUT2D eigenvalue weighted by Crippen LogP contribution is 2.21. The summed E-state index contributed by atoms with van der Waals surface area (Å²) in [6.07, 6.45) is 13.6. The van der Waals surface area contributed by atoms with Gasteiger partial charge in [-0.1, -0.05) is 138 Å². The quantitative estimate of drug-likeness (QED) is 0.0791. The fourth-order valence-corrected chi connectivity index (χ4v) is 5.98. The van der Waals surface area contributed by atoms with E-state index < -0.39 is 29.7 Å². The Morgan fingerprint density at radius 1 is 0.740 bits per heavy atom. The van der Waals surface area contributed by atoms with Crippen molar-refractivity contribution >= 4 is 23.9 Å². The van der Waals surface area contributed by atoms with Gasteiger partial charge in [-0.15, -0.1) is 0 Å². The minimum absolute atomic E-state index is 0.0152. The smallest absolute Gasteiger partial charge is 0.408 e. The highest BCUT2D eigenvalue weighted by molar-refractivity contribution is 5.86. The second-order valence-corrected chi connectivity index (χ2v) is 14.3. The van der Waals surface area contributed by atoms with E-state index in [1.807, 2.05) is 60.7 Å². The maximum atomic E-state index is 14.4. The van der Waals surface area contributed by atoms with Crippen molar-refractivity contribution in [3.8, 4) is 0 Å². The van der Waals surface area contributed by atoms with Crippen molar-refractivity contribution in [2.24, 2.45) is 5.73 Å². The van der Waals surface area contributed by atoms with E-state index in [0.717, 1.165) is 30.4 Å². The van der Waals surface area contributed by atoms with E-state index in [1.165, 1.54) is 51.4 Å². The number of ether oxygens (including phenoxy) is 2. The Balaban J connectivity index is 2.14. The molecular weight excluding hydrogens is 630 g/mol. The van der Waals surface area contributed by atoms with Crippen LogP contribution >= 0.6 is 0 Å².